The Hall–Kier alpha value is -6.76. The Morgan fingerprint density at radius 1 is 0.245 bits per heavy atom. The molecule has 0 aliphatic heterocycles. The van der Waals surface area contributed by atoms with E-state index in [-0.39, 0.29) is 0 Å². The average molecular weight is 665 g/mol. The molecule has 1 aliphatic carbocycles. The van der Waals surface area contributed by atoms with Crippen LogP contribution in [0.4, 0.5) is 0 Å². The third-order valence-electron chi connectivity index (χ3n) is 13.1. The standard InChI is InChI=1S/C53H28/c1-27-10-2-4-12-29(27)44-43-26-28-11-3-5-13-30(28)45-33-16-8-9-17-34(33)50(53(43)45)52-42-25-23-40-38-21-19-36-32-15-7-6-14-31(32)35-18-20-37(47(38)46(35)36)39-22-24-41(51(44)52)49(42)48(39)40/h2-26H,1H3. The highest BCUT2D eigenvalue weighted by molar-refractivity contribution is 6.52. The van der Waals surface area contributed by atoms with Crippen LogP contribution in [0.5, 0.6) is 0 Å². The van der Waals surface area contributed by atoms with E-state index in [1.807, 2.05) is 0 Å². The van der Waals surface area contributed by atoms with E-state index >= 15 is 0 Å². The van der Waals surface area contributed by atoms with E-state index in [0.717, 1.165) is 0 Å². The van der Waals surface area contributed by atoms with Gasteiger partial charge in [-0.1, -0.05) is 146 Å². The van der Waals surface area contributed by atoms with Gasteiger partial charge in [-0.05, 0) is 160 Å². The van der Waals surface area contributed by atoms with Crippen molar-refractivity contribution in [2.45, 2.75) is 6.92 Å². The Labute approximate surface area is 304 Å². The van der Waals surface area contributed by atoms with Crippen LogP contribution in [0, 0.1) is 6.92 Å². The number of hydrogen-bond acceptors (Lipinski definition) is 0. The van der Waals surface area contributed by atoms with E-state index in [0.29, 0.717) is 0 Å². The predicted octanol–water partition coefficient (Wildman–Crippen LogP) is 15.2. The minimum atomic E-state index is 1.29. The first-order valence-corrected chi connectivity index (χ1v) is 18.8. The van der Waals surface area contributed by atoms with Crippen LogP contribution >= 0.6 is 0 Å². The van der Waals surface area contributed by atoms with Crippen molar-refractivity contribution in [1.29, 1.82) is 0 Å². The van der Waals surface area contributed by atoms with Gasteiger partial charge < -0.3 is 0 Å². The van der Waals surface area contributed by atoms with Crippen molar-refractivity contribution in [3.05, 3.63) is 157 Å². The summed E-state index contributed by atoms with van der Waals surface area (Å²) in [5.41, 5.74) is 9.41. The molecule has 0 N–H and O–H groups in total. The van der Waals surface area contributed by atoms with Crippen LogP contribution in [-0.2, 0) is 0 Å². The van der Waals surface area contributed by atoms with Crippen molar-refractivity contribution in [3.63, 3.8) is 0 Å². The topological polar surface area (TPSA) is 0 Å². The number of aryl methyl sites for hydroxylation is 1. The Kier molecular flexibility index (Phi) is 4.57. The summed E-state index contributed by atoms with van der Waals surface area (Å²) >= 11 is 0. The molecular weight excluding hydrogens is 637 g/mol. The normalized spacial score (nSPS) is 13.0. The smallest absolute Gasteiger partial charge is 0.000695 e. The largest absolute Gasteiger partial charge is 0.0620 e. The third-order valence-corrected chi connectivity index (χ3v) is 13.1. The van der Waals surface area contributed by atoms with Gasteiger partial charge in [0.2, 0.25) is 0 Å². The molecule has 0 amide bonds. The van der Waals surface area contributed by atoms with E-state index in [4.69, 9.17) is 0 Å². The van der Waals surface area contributed by atoms with Gasteiger partial charge in [0.15, 0.2) is 0 Å². The first-order valence-electron chi connectivity index (χ1n) is 18.8. The van der Waals surface area contributed by atoms with E-state index in [1.165, 1.54) is 147 Å². The Morgan fingerprint density at radius 3 is 1.34 bits per heavy atom. The van der Waals surface area contributed by atoms with Crippen LogP contribution in [0.2, 0.25) is 0 Å². The van der Waals surface area contributed by atoms with Crippen molar-refractivity contribution < 1.29 is 0 Å². The summed E-state index contributed by atoms with van der Waals surface area (Å²) in [4.78, 5) is 0. The molecule has 0 heterocycles. The second-order valence-electron chi connectivity index (χ2n) is 15.4. The molecule has 1 aliphatic rings. The molecule has 53 heavy (non-hydrogen) atoms. The molecule has 0 spiro atoms. The summed E-state index contributed by atoms with van der Waals surface area (Å²) in [6, 6.07) is 58.0. The van der Waals surface area contributed by atoms with Crippen molar-refractivity contribution in [2.24, 2.45) is 0 Å². The maximum atomic E-state index is 2.49. The SMILES string of the molecule is Cc1ccccc1-c1c2cc3ccccc3c3c4ccccc4c(c4c5ccc6c7ccc8c9c(ccc(c%10ccc(c14)c5c%106)c97)-c1ccccc1-8)c23. The lowest BCUT2D eigenvalue weighted by Crippen LogP contribution is -1.89. The zero-order valence-electron chi connectivity index (χ0n) is 28.9. The first-order chi connectivity index (χ1) is 26.3. The van der Waals surface area contributed by atoms with Gasteiger partial charge in [0, 0.05) is 0 Å². The zero-order valence-corrected chi connectivity index (χ0v) is 28.9. The lowest BCUT2D eigenvalue weighted by molar-refractivity contribution is 1.48. The van der Waals surface area contributed by atoms with Crippen LogP contribution in [0.3, 0.4) is 0 Å². The van der Waals surface area contributed by atoms with Gasteiger partial charge in [0.1, 0.15) is 0 Å². The number of rotatable bonds is 1. The van der Waals surface area contributed by atoms with Gasteiger partial charge in [-0.25, -0.2) is 0 Å². The van der Waals surface area contributed by atoms with E-state index in [9.17, 15) is 0 Å². The molecule has 240 valence electrons. The van der Waals surface area contributed by atoms with Gasteiger partial charge in [-0.15, -0.1) is 0 Å². The highest BCUT2D eigenvalue weighted by Crippen LogP contribution is 2.57. The molecule has 0 heteroatoms. The van der Waals surface area contributed by atoms with Gasteiger partial charge >= 0.3 is 0 Å². The predicted molar refractivity (Wildman–Crippen MR) is 230 cm³/mol. The second kappa shape index (κ2) is 8.99. The molecule has 0 saturated heterocycles. The fraction of sp³-hybridized carbons (Fsp3) is 0.0189. The summed E-state index contributed by atoms with van der Waals surface area (Å²) in [6.07, 6.45) is 0. The molecule has 0 bridgehead atoms. The molecular formula is C53H28. The van der Waals surface area contributed by atoms with Crippen LogP contribution in [0.1, 0.15) is 5.56 Å². The fourth-order valence-corrected chi connectivity index (χ4v) is 11.2. The van der Waals surface area contributed by atoms with Crippen LogP contribution in [0.25, 0.3) is 141 Å². The van der Waals surface area contributed by atoms with Crippen LogP contribution in [-0.4, -0.2) is 0 Å². The highest BCUT2D eigenvalue weighted by Gasteiger charge is 2.29. The minimum absolute atomic E-state index is 1.29. The minimum Gasteiger partial charge on any atom is -0.0620 e. The van der Waals surface area contributed by atoms with Crippen LogP contribution < -0.4 is 0 Å². The zero-order chi connectivity index (χ0) is 34.3. The first kappa shape index (κ1) is 27.0. The number of hydrogen-bond donors (Lipinski definition) is 0. The monoisotopic (exact) mass is 664 g/mol. The molecule has 13 aromatic carbocycles. The van der Waals surface area contributed by atoms with Gasteiger partial charge in [-0.2, -0.15) is 0 Å². The highest BCUT2D eigenvalue weighted by atomic mass is 14.3. The maximum Gasteiger partial charge on any atom is -0.000695 e. The number of fused-ring (bicyclic) bond motifs is 14. The summed E-state index contributed by atoms with van der Waals surface area (Å²) < 4.78 is 0. The van der Waals surface area contributed by atoms with Crippen molar-refractivity contribution >= 4 is 108 Å². The van der Waals surface area contributed by atoms with Crippen LogP contribution in [0.15, 0.2) is 152 Å². The van der Waals surface area contributed by atoms with Gasteiger partial charge in [0.25, 0.3) is 0 Å². The summed E-state index contributed by atoms with van der Waals surface area (Å²) in [5, 5.41) is 27.4. The molecule has 0 fully saturated rings. The van der Waals surface area contributed by atoms with E-state index < -0.39 is 0 Å². The van der Waals surface area contributed by atoms with Gasteiger partial charge in [0.05, 0.1) is 0 Å². The number of benzene rings is 11. The third kappa shape index (κ3) is 2.95. The molecule has 0 unspecified atom stereocenters. The lowest BCUT2D eigenvalue weighted by Gasteiger charge is -2.16. The van der Waals surface area contributed by atoms with Crippen molar-refractivity contribution in [2.75, 3.05) is 0 Å². The summed E-state index contributed by atoms with van der Waals surface area (Å²) in [6.45, 7) is 2.28. The van der Waals surface area contributed by atoms with Crippen molar-refractivity contribution in [3.8, 4) is 33.4 Å². The Bertz CT molecular complexity index is 3710. The molecule has 0 saturated carbocycles. The molecule has 0 nitrogen and oxygen atoms in total. The van der Waals surface area contributed by atoms with Gasteiger partial charge in [-0.3, -0.25) is 0 Å². The second-order valence-corrected chi connectivity index (χ2v) is 15.4. The fourth-order valence-electron chi connectivity index (χ4n) is 11.2. The molecule has 13 aromatic rings. The average Bonchev–Trinajstić information content (AvgIpc) is 3.85. The molecule has 0 radical (unpaired) electrons. The maximum absolute atomic E-state index is 2.49. The molecule has 0 aromatic heterocycles. The summed E-state index contributed by atoms with van der Waals surface area (Å²) in [7, 11) is 0. The Morgan fingerprint density at radius 2 is 0.660 bits per heavy atom. The van der Waals surface area contributed by atoms with E-state index in [1.54, 1.807) is 0 Å². The van der Waals surface area contributed by atoms with E-state index in [2.05, 4.69) is 159 Å². The molecule has 0 atom stereocenters. The Balaban J connectivity index is 1.27. The lowest BCUT2D eigenvalue weighted by atomic mass is 9.86. The van der Waals surface area contributed by atoms with Crippen molar-refractivity contribution in [1.82, 2.24) is 0 Å². The quantitative estimate of drug-likeness (QED) is 0.121. The summed E-state index contributed by atoms with van der Waals surface area (Å²) in [5.74, 6) is 0. The molecule has 14 rings (SSSR count).